The van der Waals surface area contributed by atoms with E-state index in [-0.39, 0.29) is 0 Å². The Labute approximate surface area is 144 Å². The standard InChI is InChI=1S/C19H26N4O/c1-24-11-5-7-16-6-4-10-23(14-16)15-17-12-21-19(22-13-17)18-8-2-3-9-20-18/h2-3,8-9,12-13,16H,4-7,10-11,14-15H2,1H3/t16-/m1/s1. The fourth-order valence-electron chi connectivity index (χ4n) is 3.37. The van der Waals surface area contributed by atoms with Gasteiger partial charge >= 0.3 is 0 Å². The van der Waals surface area contributed by atoms with Crippen LogP contribution in [0, 0.1) is 5.92 Å². The summed E-state index contributed by atoms with van der Waals surface area (Å²) in [4.78, 5) is 15.8. The van der Waals surface area contributed by atoms with Crippen LogP contribution in [0.5, 0.6) is 0 Å². The van der Waals surface area contributed by atoms with Crippen LogP contribution < -0.4 is 0 Å². The Balaban J connectivity index is 1.54. The first-order valence-electron chi connectivity index (χ1n) is 8.79. The quantitative estimate of drug-likeness (QED) is 0.732. The molecule has 5 heteroatoms. The maximum atomic E-state index is 5.17. The Morgan fingerprint density at radius 3 is 2.83 bits per heavy atom. The molecular formula is C19H26N4O. The van der Waals surface area contributed by atoms with Crippen LogP contribution >= 0.6 is 0 Å². The summed E-state index contributed by atoms with van der Waals surface area (Å²) in [6, 6.07) is 5.79. The van der Waals surface area contributed by atoms with E-state index in [1.165, 1.54) is 37.9 Å². The van der Waals surface area contributed by atoms with Crippen molar-refractivity contribution in [2.75, 3.05) is 26.8 Å². The van der Waals surface area contributed by atoms with Gasteiger partial charge in [-0.25, -0.2) is 9.97 Å². The predicted octanol–water partition coefficient (Wildman–Crippen LogP) is 3.18. The van der Waals surface area contributed by atoms with Crippen LogP contribution in [0.3, 0.4) is 0 Å². The zero-order chi connectivity index (χ0) is 16.6. The minimum Gasteiger partial charge on any atom is -0.385 e. The lowest BCUT2D eigenvalue weighted by molar-refractivity contribution is 0.142. The van der Waals surface area contributed by atoms with Gasteiger partial charge in [0.05, 0.1) is 0 Å². The summed E-state index contributed by atoms with van der Waals surface area (Å²) in [5, 5.41) is 0. The predicted molar refractivity (Wildman–Crippen MR) is 94.4 cm³/mol. The normalized spacial score (nSPS) is 18.6. The highest BCUT2D eigenvalue weighted by Crippen LogP contribution is 2.22. The number of hydrogen-bond donors (Lipinski definition) is 0. The van der Waals surface area contributed by atoms with E-state index in [4.69, 9.17) is 4.74 Å². The summed E-state index contributed by atoms with van der Waals surface area (Å²) < 4.78 is 5.17. The number of aromatic nitrogens is 3. The first-order chi connectivity index (χ1) is 11.8. The molecule has 0 aliphatic carbocycles. The highest BCUT2D eigenvalue weighted by Gasteiger charge is 2.19. The van der Waals surface area contributed by atoms with Gasteiger partial charge in [-0.15, -0.1) is 0 Å². The molecule has 0 N–H and O–H groups in total. The summed E-state index contributed by atoms with van der Waals surface area (Å²) in [6.07, 6.45) is 10.7. The molecule has 2 aromatic rings. The molecule has 0 saturated carbocycles. The van der Waals surface area contributed by atoms with E-state index in [2.05, 4.69) is 19.9 Å². The maximum absolute atomic E-state index is 5.17. The fourth-order valence-corrected chi connectivity index (χ4v) is 3.37. The number of nitrogens with zero attached hydrogens (tertiary/aromatic N) is 4. The SMILES string of the molecule is COCCC[C@H]1CCCN(Cc2cnc(-c3ccccn3)nc2)C1. The third-order valence-corrected chi connectivity index (χ3v) is 4.57. The molecule has 2 aromatic heterocycles. The average Bonchev–Trinajstić information content (AvgIpc) is 2.64. The van der Waals surface area contributed by atoms with Gasteiger partial charge in [-0.05, 0) is 50.3 Å². The Kier molecular flexibility index (Phi) is 6.26. The van der Waals surface area contributed by atoms with Gasteiger partial charge in [0.2, 0.25) is 0 Å². The first-order valence-corrected chi connectivity index (χ1v) is 8.79. The molecule has 1 atom stereocenters. The number of pyridine rings is 1. The van der Waals surface area contributed by atoms with Crippen molar-refractivity contribution in [3.05, 3.63) is 42.4 Å². The Morgan fingerprint density at radius 2 is 2.08 bits per heavy atom. The lowest BCUT2D eigenvalue weighted by Crippen LogP contribution is -2.35. The highest BCUT2D eigenvalue weighted by molar-refractivity contribution is 5.47. The number of piperidine rings is 1. The van der Waals surface area contributed by atoms with E-state index in [1.807, 2.05) is 30.6 Å². The van der Waals surface area contributed by atoms with Crippen LogP contribution in [0.1, 0.15) is 31.2 Å². The van der Waals surface area contributed by atoms with Crippen LogP contribution in [0.2, 0.25) is 0 Å². The second kappa shape index (κ2) is 8.85. The van der Waals surface area contributed by atoms with Crippen LogP contribution in [0.15, 0.2) is 36.8 Å². The van der Waals surface area contributed by atoms with Crippen molar-refractivity contribution in [1.82, 2.24) is 19.9 Å². The molecule has 0 amide bonds. The third-order valence-electron chi connectivity index (χ3n) is 4.57. The number of ether oxygens (including phenoxy) is 1. The Morgan fingerprint density at radius 1 is 1.21 bits per heavy atom. The van der Waals surface area contributed by atoms with Crippen molar-refractivity contribution in [2.24, 2.45) is 5.92 Å². The number of hydrogen-bond acceptors (Lipinski definition) is 5. The second-order valence-corrected chi connectivity index (χ2v) is 6.51. The number of rotatable bonds is 7. The molecule has 0 unspecified atom stereocenters. The zero-order valence-corrected chi connectivity index (χ0v) is 14.4. The summed E-state index contributed by atoms with van der Waals surface area (Å²) in [5.74, 6) is 1.48. The van der Waals surface area contributed by atoms with Gasteiger partial charge in [-0.1, -0.05) is 6.07 Å². The number of methoxy groups -OCH3 is 1. The lowest BCUT2D eigenvalue weighted by Gasteiger charge is -2.32. The van der Waals surface area contributed by atoms with Crippen molar-refractivity contribution >= 4 is 0 Å². The van der Waals surface area contributed by atoms with Gasteiger partial charge in [0.1, 0.15) is 5.69 Å². The van der Waals surface area contributed by atoms with E-state index >= 15 is 0 Å². The molecule has 0 aromatic carbocycles. The molecule has 0 bridgehead atoms. The van der Waals surface area contributed by atoms with Crippen molar-refractivity contribution in [3.63, 3.8) is 0 Å². The van der Waals surface area contributed by atoms with E-state index in [0.717, 1.165) is 31.2 Å². The summed E-state index contributed by atoms with van der Waals surface area (Å²) in [6.45, 7) is 4.15. The van der Waals surface area contributed by atoms with Gasteiger partial charge < -0.3 is 4.74 Å². The van der Waals surface area contributed by atoms with Gasteiger partial charge in [-0.3, -0.25) is 9.88 Å². The average molecular weight is 326 g/mol. The molecule has 5 nitrogen and oxygen atoms in total. The van der Waals surface area contributed by atoms with E-state index in [0.29, 0.717) is 5.82 Å². The second-order valence-electron chi connectivity index (χ2n) is 6.51. The largest absolute Gasteiger partial charge is 0.385 e. The summed E-state index contributed by atoms with van der Waals surface area (Å²) >= 11 is 0. The monoisotopic (exact) mass is 326 g/mol. The molecule has 1 fully saturated rings. The molecule has 24 heavy (non-hydrogen) atoms. The van der Waals surface area contributed by atoms with E-state index in [9.17, 15) is 0 Å². The van der Waals surface area contributed by atoms with Crippen molar-refractivity contribution in [1.29, 1.82) is 0 Å². The van der Waals surface area contributed by atoms with Gasteiger partial charge in [0.25, 0.3) is 0 Å². The Bertz CT molecular complexity index is 603. The topological polar surface area (TPSA) is 51.1 Å². The third kappa shape index (κ3) is 4.82. The van der Waals surface area contributed by atoms with Gasteiger partial charge in [-0.2, -0.15) is 0 Å². The minimum absolute atomic E-state index is 0.690. The smallest absolute Gasteiger partial charge is 0.178 e. The maximum Gasteiger partial charge on any atom is 0.178 e. The first kappa shape index (κ1) is 17.0. The minimum atomic E-state index is 0.690. The molecule has 1 aliphatic rings. The van der Waals surface area contributed by atoms with E-state index < -0.39 is 0 Å². The van der Waals surface area contributed by atoms with Gasteiger partial charge in [0.15, 0.2) is 5.82 Å². The fraction of sp³-hybridized carbons (Fsp3) is 0.526. The highest BCUT2D eigenvalue weighted by atomic mass is 16.5. The van der Waals surface area contributed by atoms with Crippen LogP contribution in [0.4, 0.5) is 0 Å². The Hall–Kier alpha value is -1.85. The molecular weight excluding hydrogens is 300 g/mol. The molecule has 1 aliphatic heterocycles. The zero-order valence-electron chi connectivity index (χ0n) is 14.4. The van der Waals surface area contributed by atoms with Crippen LogP contribution in [-0.4, -0.2) is 46.7 Å². The summed E-state index contributed by atoms with van der Waals surface area (Å²) in [7, 11) is 1.78. The molecule has 0 spiro atoms. The lowest BCUT2D eigenvalue weighted by atomic mass is 9.93. The molecule has 3 rings (SSSR count). The molecule has 0 radical (unpaired) electrons. The van der Waals surface area contributed by atoms with Crippen molar-refractivity contribution in [2.45, 2.75) is 32.2 Å². The number of likely N-dealkylation sites (tertiary alicyclic amines) is 1. The summed E-state index contributed by atoms with van der Waals surface area (Å²) in [5.41, 5.74) is 1.99. The molecule has 3 heterocycles. The van der Waals surface area contributed by atoms with Gasteiger partial charge in [0, 0.05) is 51.0 Å². The van der Waals surface area contributed by atoms with Crippen molar-refractivity contribution in [3.8, 4) is 11.5 Å². The van der Waals surface area contributed by atoms with Crippen LogP contribution in [-0.2, 0) is 11.3 Å². The van der Waals surface area contributed by atoms with Crippen LogP contribution in [0.25, 0.3) is 11.5 Å². The van der Waals surface area contributed by atoms with E-state index in [1.54, 1.807) is 13.3 Å². The molecule has 128 valence electrons. The van der Waals surface area contributed by atoms with Crippen molar-refractivity contribution < 1.29 is 4.74 Å². The molecule has 1 saturated heterocycles.